The van der Waals surface area contributed by atoms with Crippen molar-refractivity contribution in [2.24, 2.45) is 11.7 Å². The molecule has 0 aliphatic carbocycles. The van der Waals surface area contributed by atoms with Crippen LogP contribution in [-0.2, 0) is 10.2 Å². The van der Waals surface area contributed by atoms with Gasteiger partial charge in [-0.05, 0) is 48.3 Å². The molecular formula is C19H30ClN3OS. The van der Waals surface area contributed by atoms with Gasteiger partial charge in [0.2, 0.25) is 0 Å². The van der Waals surface area contributed by atoms with Gasteiger partial charge in [0.05, 0.1) is 0 Å². The quantitative estimate of drug-likeness (QED) is 0.459. The van der Waals surface area contributed by atoms with Crippen molar-refractivity contribution in [3.63, 3.8) is 0 Å². The molecule has 2 rings (SSSR count). The fourth-order valence-corrected chi connectivity index (χ4v) is 3.74. The van der Waals surface area contributed by atoms with Crippen molar-refractivity contribution in [3.8, 4) is 0 Å². The number of nitrogens with one attached hydrogen (secondary N) is 1. The summed E-state index contributed by atoms with van der Waals surface area (Å²) in [5, 5.41) is 7.69. The summed E-state index contributed by atoms with van der Waals surface area (Å²) in [6, 6.07) is 8.34. The normalized spacial score (nSPS) is 15.6. The maximum absolute atomic E-state index is 12.2. The van der Waals surface area contributed by atoms with Crippen LogP contribution in [-0.4, -0.2) is 29.1 Å². The number of likely N-dealkylation sites (tertiary alicyclic amines) is 1. The van der Waals surface area contributed by atoms with Crippen LogP contribution in [0.3, 0.4) is 0 Å². The number of hydrogen-bond acceptors (Lipinski definition) is 3. The minimum Gasteiger partial charge on any atom is -0.370 e. The molecule has 0 saturated carbocycles. The van der Waals surface area contributed by atoms with E-state index in [0.717, 1.165) is 37.2 Å². The zero-order valence-electron chi connectivity index (χ0n) is 15.4. The molecule has 25 heavy (non-hydrogen) atoms. The second-order valence-electron chi connectivity index (χ2n) is 7.60. The van der Waals surface area contributed by atoms with Gasteiger partial charge in [0.25, 0.3) is 0 Å². The highest BCUT2D eigenvalue weighted by molar-refractivity contribution is 8.13. The highest BCUT2D eigenvalue weighted by Gasteiger charge is 2.20. The fraction of sp³-hybridized carbons (Fsp3) is 0.579. The van der Waals surface area contributed by atoms with Gasteiger partial charge in [0.1, 0.15) is 0 Å². The maximum atomic E-state index is 12.2. The summed E-state index contributed by atoms with van der Waals surface area (Å²) in [5.74, 6) is 0.743. The van der Waals surface area contributed by atoms with Crippen molar-refractivity contribution >= 4 is 35.2 Å². The zero-order valence-corrected chi connectivity index (χ0v) is 17.0. The molecule has 0 spiro atoms. The summed E-state index contributed by atoms with van der Waals surface area (Å²) in [4.78, 5) is 15.1. The number of halogens is 1. The highest BCUT2D eigenvalue weighted by atomic mass is 35.5. The van der Waals surface area contributed by atoms with E-state index in [0.29, 0.717) is 12.3 Å². The molecular weight excluding hydrogens is 354 g/mol. The Hall–Kier alpha value is -1.20. The molecule has 4 nitrogen and oxygen atoms in total. The van der Waals surface area contributed by atoms with Crippen molar-refractivity contribution in [2.75, 3.05) is 13.1 Å². The molecule has 1 fully saturated rings. The lowest BCUT2D eigenvalue weighted by Crippen LogP contribution is -2.42. The molecule has 6 heteroatoms. The molecule has 1 aliphatic heterocycles. The van der Waals surface area contributed by atoms with Gasteiger partial charge in [0.15, 0.2) is 11.1 Å². The van der Waals surface area contributed by atoms with Crippen LogP contribution in [0.25, 0.3) is 0 Å². The standard InChI is InChI=1S/C19H29N3OS.ClH/c1-19(2,3)15-5-7-16(8-6-15)24-17(23)9-4-14-10-12-22(13-11-14)18(20)21;/h5-8,14H,4,9-13H2,1-3H3,(H3,20,21);1H. The van der Waals surface area contributed by atoms with Gasteiger partial charge in [-0.25, -0.2) is 0 Å². The molecule has 1 aromatic rings. The number of rotatable bonds is 4. The SMILES string of the molecule is CC(C)(C)c1ccc(SC(=O)CCC2CCN(C(=N)N)CC2)cc1.Cl. The first kappa shape index (κ1) is 21.8. The summed E-state index contributed by atoms with van der Waals surface area (Å²) in [5.41, 5.74) is 6.94. The van der Waals surface area contributed by atoms with E-state index in [1.165, 1.54) is 17.3 Å². The van der Waals surface area contributed by atoms with Gasteiger partial charge < -0.3 is 10.6 Å². The van der Waals surface area contributed by atoms with Crippen molar-refractivity contribution in [1.82, 2.24) is 4.90 Å². The number of thioether (sulfide) groups is 1. The maximum Gasteiger partial charge on any atom is 0.193 e. The predicted molar refractivity (Wildman–Crippen MR) is 109 cm³/mol. The minimum absolute atomic E-state index is 0. The number of nitrogens with two attached hydrogens (primary N) is 1. The molecule has 1 heterocycles. The predicted octanol–water partition coefficient (Wildman–Crippen LogP) is 4.41. The Morgan fingerprint density at radius 2 is 1.80 bits per heavy atom. The van der Waals surface area contributed by atoms with Crippen LogP contribution in [0, 0.1) is 11.3 Å². The molecule has 0 atom stereocenters. The average Bonchev–Trinajstić information content (AvgIpc) is 2.53. The number of guanidine groups is 1. The van der Waals surface area contributed by atoms with Crippen LogP contribution in [0.15, 0.2) is 29.2 Å². The molecule has 0 bridgehead atoms. The Bertz CT molecular complexity index is 575. The average molecular weight is 384 g/mol. The summed E-state index contributed by atoms with van der Waals surface area (Å²) >= 11 is 1.35. The molecule has 3 N–H and O–H groups in total. The van der Waals surface area contributed by atoms with Gasteiger partial charge in [-0.15, -0.1) is 12.4 Å². The first-order valence-electron chi connectivity index (χ1n) is 8.66. The smallest absolute Gasteiger partial charge is 0.193 e. The number of carbonyl (C=O) groups excluding carboxylic acids is 1. The summed E-state index contributed by atoms with van der Waals surface area (Å²) < 4.78 is 0. The van der Waals surface area contributed by atoms with Crippen LogP contribution in [0.4, 0.5) is 0 Å². The Morgan fingerprint density at radius 1 is 1.24 bits per heavy atom. The van der Waals surface area contributed by atoms with Crippen LogP contribution >= 0.6 is 24.2 Å². The second kappa shape index (κ2) is 9.48. The Morgan fingerprint density at radius 3 is 2.28 bits per heavy atom. The number of nitrogens with zero attached hydrogens (tertiary/aromatic N) is 1. The number of piperidine rings is 1. The van der Waals surface area contributed by atoms with Gasteiger partial charge >= 0.3 is 0 Å². The monoisotopic (exact) mass is 383 g/mol. The van der Waals surface area contributed by atoms with Gasteiger partial charge in [-0.1, -0.05) is 44.7 Å². The first-order valence-corrected chi connectivity index (χ1v) is 9.47. The number of carbonyl (C=O) groups is 1. The van der Waals surface area contributed by atoms with E-state index in [2.05, 4.69) is 45.0 Å². The fourth-order valence-electron chi connectivity index (χ4n) is 2.99. The molecule has 1 aliphatic rings. The molecule has 0 radical (unpaired) electrons. The van der Waals surface area contributed by atoms with Crippen molar-refractivity contribution in [1.29, 1.82) is 5.41 Å². The molecule has 1 saturated heterocycles. The molecule has 0 unspecified atom stereocenters. The molecule has 1 aromatic carbocycles. The largest absolute Gasteiger partial charge is 0.370 e. The second-order valence-corrected chi connectivity index (χ2v) is 8.73. The van der Waals surface area contributed by atoms with Crippen molar-refractivity contribution < 1.29 is 4.79 Å². The lowest BCUT2D eigenvalue weighted by molar-refractivity contribution is -0.111. The van der Waals surface area contributed by atoms with E-state index >= 15 is 0 Å². The first-order chi connectivity index (χ1) is 11.3. The van der Waals surface area contributed by atoms with Crippen LogP contribution < -0.4 is 5.73 Å². The van der Waals surface area contributed by atoms with E-state index in [4.69, 9.17) is 11.1 Å². The molecule has 140 valence electrons. The van der Waals surface area contributed by atoms with Crippen LogP contribution in [0.2, 0.25) is 0 Å². The van der Waals surface area contributed by atoms with Crippen LogP contribution in [0.1, 0.15) is 52.0 Å². The van der Waals surface area contributed by atoms with E-state index < -0.39 is 0 Å². The van der Waals surface area contributed by atoms with Crippen molar-refractivity contribution in [3.05, 3.63) is 29.8 Å². The highest BCUT2D eigenvalue weighted by Crippen LogP contribution is 2.28. The lowest BCUT2D eigenvalue weighted by Gasteiger charge is -2.32. The van der Waals surface area contributed by atoms with Gasteiger partial charge in [0, 0.05) is 24.4 Å². The Balaban J connectivity index is 0.00000312. The van der Waals surface area contributed by atoms with Gasteiger partial charge in [-0.3, -0.25) is 10.2 Å². The van der Waals surface area contributed by atoms with E-state index in [1.54, 1.807) is 0 Å². The minimum atomic E-state index is 0. The third-order valence-electron chi connectivity index (χ3n) is 4.66. The number of hydrogen-bond donors (Lipinski definition) is 2. The van der Waals surface area contributed by atoms with Crippen LogP contribution in [0.5, 0.6) is 0 Å². The number of benzene rings is 1. The Labute approximate surface area is 161 Å². The van der Waals surface area contributed by atoms with E-state index in [1.807, 2.05) is 4.90 Å². The third-order valence-corrected chi connectivity index (χ3v) is 5.60. The topological polar surface area (TPSA) is 70.2 Å². The molecule has 0 amide bonds. The summed E-state index contributed by atoms with van der Waals surface area (Å²) in [6.07, 6.45) is 3.61. The third kappa shape index (κ3) is 6.90. The zero-order chi connectivity index (χ0) is 17.7. The lowest BCUT2D eigenvalue weighted by atomic mass is 9.87. The summed E-state index contributed by atoms with van der Waals surface area (Å²) in [6.45, 7) is 8.26. The van der Waals surface area contributed by atoms with E-state index in [9.17, 15) is 4.79 Å². The molecule has 0 aromatic heterocycles. The Kier molecular flexibility index (Phi) is 8.29. The summed E-state index contributed by atoms with van der Waals surface area (Å²) in [7, 11) is 0. The van der Waals surface area contributed by atoms with Gasteiger partial charge in [-0.2, -0.15) is 0 Å². The van der Waals surface area contributed by atoms with Crippen molar-refractivity contribution in [2.45, 2.75) is 56.8 Å². The van der Waals surface area contributed by atoms with E-state index in [-0.39, 0.29) is 28.9 Å².